The number of carbonyl (C=O) groups is 2. The lowest BCUT2D eigenvalue weighted by atomic mass is 9.94. The van der Waals surface area contributed by atoms with E-state index < -0.39 is 5.41 Å². The topological polar surface area (TPSA) is 49.4 Å². The zero-order chi connectivity index (χ0) is 17.5. The molecule has 126 valence electrons. The van der Waals surface area contributed by atoms with Crippen LogP contribution in [-0.2, 0) is 11.2 Å². The summed E-state index contributed by atoms with van der Waals surface area (Å²) in [5.41, 5.74) is 3.45. The Morgan fingerprint density at radius 1 is 1.21 bits per heavy atom. The van der Waals surface area contributed by atoms with Gasteiger partial charge in [0.05, 0.1) is 4.88 Å². The van der Waals surface area contributed by atoms with Crippen LogP contribution in [0.2, 0.25) is 0 Å². The number of amides is 2. The molecule has 1 aromatic carbocycles. The quantitative estimate of drug-likeness (QED) is 0.887. The number of thiophene rings is 1. The van der Waals surface area contributed by atoms with Crippen LogP contribution < -0.4 is 10.2 Å². The van der Waals surface area contributed by atoms with E-state index in [0.29, 0.717) is 11.4 Å². The van der Waals surface area contributed by atoms with Crippen LogP contribution in [0.1, 0.15) is 41.6 Å². The Labute approximate surface area is 146 Å². The van der Waals surface area contributed by atoms with Gasteiger partial charge < -0.3 is 10.2 Å². The molecule has 0 bridgehead atoms. The minimum Gasteiger partial charge on any atom is -0.321 e. The van der Waals surface area contributed by atoms with Crippen molar-refractivity contribution in [2.75, 3.05) is 16.8 Å². The molecule has 1 aromatic heterocycles. The minimum absolute atomic E-state index is 0.110. The number of anilines is 2. The van der Waals surface area contributed by atoms with Crippen molar-refractivity contribution in [3.05, 3.63) is 45.6 Å². The van der Waals surface area contributed by atoms with Gasteiger partial charge in [-0.25, -0.2) is 0 Å². The number of benzene rings is 1. The molecular formula is C19H22N2O2S. The molecule has 0 aliphatic carbocycles. The van der Waals surface area contributed by atoms with Gasteiger partial charge in [0.15, 0.2) is 0 Å². The van der Waals surface area contributed by atoms with Crippen molar-refractivity contribution in [3.8, 4) is 0 Å². The van der Waals surface area contributed by atoms with E-state index in [0.717, 1.165) is 28.9 Å². The molecule has 3 rings (SSSR count). The molecule has 5 heteroatoms. The molecule has 1 N–H and O–H groups in total. The molecule has 0 atom stereocenters. The van der Waals surface area contributed by atoms with Crippen LogP contribution in [0.3, 0.4) is 0 Å². The summed E-state index contributed by atoms with van der Waals surface area (Å²) in [4.78, 5) is 27.5. The summed E-state index contributed by atoms with van der Waals surface area (Å²) < 4.78 is 0. The molecule has 24 heavy (non-hydrogen) atoms. The van der Waals surface area contributed by atoms with E-state index in [-0.39, 0.29) is 11.8 Å². The summed E-state index contributed by atoms with van der Waals surface area (Å²) in [6.07, 6.45) is 0.857. The smallest absolute Gasteiger partial charge is 0.265 e. The SMILES string of the molecule is Cc1csc(C(=O)Nc2ccc3c(c2)N(C(=O)C(C)(C)C)CC3)c1. The van der Waals surface area contributed by atoms with E-state index in [1.165, 1.54) is 11.3 Å². The maximum atomic E-state index is 12.6. The predicted molar refractivity (Wildman–Crippen MR) is 99.0 cm³/mol. The third kappa shape index (κ3) is 3.22. The lowest BCUT2D eigenvalue weighted by Gasteiger charge is -2.26. The summed E-state index contributed by atoms with van der Waals surface area (Å²) in [7, 11) is 0. The second-order valence-corrected chi connectivity index (χ2v) is 8.15. The highest BCUT2D eigenvalue weighted by atomic mass is 32.1. The monoisotopic (exact) mass is 342 g/mol. The fraction of sp³-hybridized carbons (Fsp3) is 0.368. The molecule has 2 heterocycles. The maximum absolute atomic E-state index is 12.6. The minimum atomic E-state index is -0.421. The van der Waals surface area contributed by atoms with Crippen molar-refractivity contribution in [2.24, 2.45) is 5.41 Å². The Morgan fingerprint density at radius 2 is 1.96 bits per heavy atom. The van der Waals surface area contributed by atoms with Crippen LogP contribution in [0.5, 0.6) is 0 Å². The Balaban J connectivity index is 1.83. The normalized spacial score (nSPS) is 13.8. The Bertz CT molecular complexity index is 802. The third-order valence-electron chi connectivity index (χ3n) is 4.08. The van der Waals surface area contributed by atoms with E-state index >= 15 is 0 Å². The number of carbonyl (C=O) groups excluding carboxylic acids is 2. The Hall–Kier alpha value is -2.14. The summed E-state index contributed by atoms with van der Waals surface area (Å²) in [5, 5.41) is 4.89. The first-order valence-corrected chi connectivity index (χ1v) is 8.95. The highest BCUT2D eigenvalue weighted by Gasteiger charge is 2.32. The van der Waals surface area contributed by atoms with Gasteiger partial charge in [0, 0.05) is 23.3 Å². The zero-order valence-electron chi connectivity index (χ0n) is 14.5. The van der Waals surface area contributed by atoms with Crippen molar-refractivity contribution in [2.45, 2.75) is 34.1 Å². The van der Waals surface area contributed by atoms with Crippen molar-refractivity contribution < 1.29 is 9.59 Å². The van der Waals surface area contributed by atoms with E-state index in [9.17, 15) is 9.59 Å². The van der Waals surface area contributed by atoms with Crippen LogP contribution in [0.15, 0.2) is 29.6 Å². The molecular weight excluding hydrogens is 320 g/mol. The second-order valence-electron chi connectivity index (χ2n) is 7.24. The van der Waals surface area contributed by atoms with E-state index in [1.54, 1.807) is 0 Å². The lowest BCUT2D eigenvalue weighted by Crippen LogP contribution is -2.38. The molecule has 0 saturated carbocycles. The van der Waals surface area contributed by atoms with Gasteiger partial charge in [-0.1, -0.05) is 26.8 Å². The number of hydrogen-bond acceptors (Lipinski definition) is 3. The molecule has 0 saturated heterocycles. The number of hydrogen-bond donors (Lipinski definition) is 1. The van der Waals surface area contributed by atoms with Gasteiger partial charge in [-0.3, -0.25) is 9.59 Å². The largest absolute Gasteiger partial charge is 0.321 e. The molecule has 4 nitrogen and oxygen atoms in total. The fourth-order valence-corrected chi connectivity index (χ4v) is 3.61. The van der Waals surface area contributed by atoms with Crippen molar-refractivity contribution in [1.82, 2.24) is 0 Å². The highest BCUT2D eigenvalue weighted by molar-refractivity contribution is 7.12. The lowest BCUT2D eigenvalue weighted by molar-refractivity contribution is -0.125. The van der Waals surface area contributed by atoms with E-state index in [1.807, 2.05) is 62.2 Å². The third-order valence-corrected chi connectivity index (χ3v) is 5.13. The van der Waals surface area contributed by atoms with Gasteiger partial charge in [-0.2, -0.15) is 0 Å². The number of rotatable bonds is 2. The molecule has 0 fully saturated rings. The van der Waals surface area contributed by atoms with Crippen molar-refractivity contribution in [1.29, 1.82) is 0 Å². The molecule has 1 aliphatic rings. The van der Waals surface area contributed by atoms with E-state index in [4.69, 9.17) is 0 Å². The van der Waals surface area contributed by atoms with Gasteiger partial charge in [0.1, 0.15) is 0 Å². The van der Waals surface area contributed by atoms with Gasteiger partial charge >= 0.3 is 0 Å². The fourth-order valence-electron chi connectivity index (χ4n) is 2.82. The number of nitrogens with zero attached hydrogens (tertiary/aromatic N) is 1. The molecule has 0 spiro atoms. The van der Waals surface area contributed by atoms with Gasteiger partial charge in [-0.05, 0) is 48.1 Å². The Morgan fingerprint density at radius 3 is 2.58 bits per heavy atom. The molecule has 0 radical (unpaired) electrons. The number of fused-ring (bicyclic) bond motifs is 1. The maximum Gasteiger partial charge on any atom is 0.265 e. The average Bonchev–Trinajstić information content (AvgIpc) is 3.11. The summed E-state index contributed by atoms with van der Waals surface area (Å²) >= 11 is 1.43. The summed E-state index contributed by atoms with van der Waals surface area (Å²) in [6, 6.07) is 7.69. The number of aryl methyl sites for hydroxylation is 1. The summed E-state index contributed by atoms with van der Waals surface area (Å²) in [5.74, 6) is -0.00153. The van der Waals surface area contributed by atoms with Crippen molar-refractivity contribution in [3.63, 3.8) is 0 Å². The molecule has 2 amide bonds. The van der Waals surface area contributed by atoms with Gasteiger partial charge in [0.25, 0.3) is 5.91 Å². The number of nitrogens with one attached hydrogen (secondary N) is 1. The molecule has 2 aromatic rings. The van der Waals surface area contributed by atoms with Crippen LogP contribution >= 0.6 is 11.3 Å². The zero-order valence-corrected chi connectivity index (χ0v) is 15.3. The summed E-state index contributed by atoms with van der Waals surface area (Å²) in [6.45, 7) is 8.46. The van der Waals surface area contributed by atoms with Crippen LogP contribution in [0.25, 0.3) is 0 Å². The Kier molecular flexibility index (Phi) is 4.22. The van der Waals surface area contributed by atoms with Crippen LogP contribution in [-0.4, -0.2) is 18.4 Å². The molecule has 1 aliphatic heterocycles. The van der Waals surface area contributed by atoms with Gasteiger partial charge in [0.2, 0.25) is 5.91 Å². The molecule has 0 unspecified atom stereocenters. The predicted octanol–water partition coefficient (Wildman–Crippen LogP) is 4.24. The van der Waals surface area contributed by atoms with Gasteiger partial charge in [-0.15, -0.1) is 11.3 Å². The second kappa shape index (κ2) is 6.06. The van der Waals surface area contributed by atoms with E-state index in [2.05, 4.69) is 5.32 Å². The first-order chi connectivity index (χ1) is 11.3. The standard InChI is InChI=1S/C19H22N2O2S/c1-12-9-16(24-11-12)17(22)20-14-6-5-13-7-8-21(15(13)10-14)18(23)19(2,3)4/h5-6,9-11H,7-8H2,1-4H3,(H,20,22). The average molecular weight is 342 g/mol. The van der Waals surface area contributed by atoms with Crippen LogP contribution in [0, 0.1) is 12.3 Å². The highest BCUT2D eigenvalue weighted by Crippen LogP contribution is 2.34. The van der Waals surface area contributed by atoms with Crippen molar-refractivity contribution >= 4 is 34.5 Å². The first kappa shape index (κ1) is 16.7. The first-order valence-electron chi connectivity index (χ1n) is 8.07. The van der Waals surface area contributed by atoms with Crippen LogP contribution in [0.4, 0.5) is 11.4 Å².